The Balaban J connectivity index is 2.13. The molecule has 0 saturated carbocycles. The normalized spacial score (nSPS) is 13.0. The van der Waals surface area contributed by atoms with Crippen LogP contribution in [0.5, 0.6) is 0 Å². The number of halogens is 4. The van der Waals surface area contributed by atoms with Crippen LogP contribution in [0, 0.1) is 0 Å². The summed E-state index contributed by atoms with van der Waals surface area (Å²) in [4.78, 5) is 16.5. The Morgan fingerprint density at radius 3 is 2.52 bits per heavy atom. The van der Waals surface area contributed by atoms with Crippen molar-refractivity contribution in [2.24, 2.45) is 0 Å². The lowest BCUT2D eigenvalue weighted by atomic mass is 10.1. The monoisotopic (exact) mass is 440 g/mol. The SMILES string of the molecule is CC[C@@H](C)NC(=O)c1cc2nc(-c3ccc(Br)cc3)cc(C(F)(F)F)n2n1. The van der Waals surface area contributed by atoms with E-state index >= 15 is 0 Å². The van der Waals surface area contributed by atoms with Crippen LogP contribution in [0.2, 0.25) is 0 Å². The molecule has 1 amide bonds. The zero-order valence-electron chi connectivity index (χ0n) is 14.5. The Morgan fingerprint density at radius 2 is 1.93 bits per heavy atom. The van der Waals surface area contributed by atoms with Crippen LogP contribution in [-0.2, 0) is 6.18 Å². The highest BCUT2D eigenvalue weighted by Gasteiger charge is 2.35. The van der Waals surface area contributed by atoms with Crippen LogP contribution in [-0.4, -0.2) is 26.5 Å². The van der Waals surface area contributed by atoms with Crippen molar-refractivity contribution in [3.63, 3.8) is 0 Å². The third kappa shape index (κ3) is 4.13. The molecule has 2 aromatic heterocycles. The highest BCUT2D eigenvalue weighted by molar-refractivity contribution is 9.10. The van der Waals surface area contributed by atoms with Crippen LogP contribution in [0.25, 0.3) is 16.9 Å². The number of aromatic nitrogens is 3. The fourth-order valence-corrected chi connectivity index (χ4v) is 2.72. The van der Waals surface area contributed by atoms with Crippen LogP contribution < -0.4 is 5.32 Å². The molecular weight excluding hydrogens is 425 g/mol. The van der Waals surface area contributed by atoms with Crippen molar-refractivity contribution in [3.8, 4) is 11.3 Å². The van der Waals surface area contributed by atoms with Gasteiger partial charge in [-0.25, -0.2) is 9.50 Å². The first-order valence-corrected chi connectivity index (χ1v) is 9.03. The molecule has 1 N–H and O–H groups in total. The van der Waals surface area contributed by atoms with Crippen LogP contribution >= 0.6 is 15.9 Å². The lowest BCUT2D eigenvalue weighted by Gasteiger charge is -2.11. The minimum atomic E-state index is -4.65. The van der Waals surface area contributed by atoms with Crippen LogP contribution in [0.3, 0.4) is 0 Å². The van der Waals surface area contributed by atoms with Crippen molar-refractivity contribution in [3.05, 3.63) is 52.3 Å². The first-order chi connectivity index (χ1) is 12.7. The Labute approximate surface area is 161 Å². The van der Waals surface area contributed by atoms with E-state index in [0.717, 1.165) is 10.5 Å². The Bertz CT molecular complexity index is 983. The maximum Gasteiger partial charge on any atom is 0.433 e. The molecule has 5 nitrogen and oxygen atoms in total. The summed E-state index contributed by atoms with van der Waals surface area (Å²) in [6.07, 6.45) is -3.96. The maximum atomic E-state index is 13.6. The zero-order valence-corrected chi connectivity index (χ0v) is 16.1. The average molecular weight is 441 g/mol. The second kappa shape index (κ2) is 7.30. The van der Waals surface area contributed by atoms with E-state index in [2.05, 4.69) is 31.3 Å². The molecule has 0 radical (unpaired) electrons. The molecule has 27 heavy (non-hydrogen) atoms. The summed E-state index contributed by atoms with van der Waals surface area (Å²) in [6, 6.07) is 8.84. The molecule has 142 valence electrons. The molecule has 1 atom stereocenters. The fraction of sp³-hybridized carbons (Fsp3) is 0.278. The number of amides is 1. The first kappa shape index (κ1) is 19.3. The maximum absolute atomic E-state index is 13.6. The summed E-state index contributed by atoms with van der Waals surface area (Å²) in [6.45, 7) is 3.70. The summed E-state index contributed by atoms with van der Waals surface area (Å²) >= 11 is 3.29. The Kier molecular flexibility index (Phi) is 5.23. The molecule has 0 aliphatic carbocycles. The molecule has 0 bridgehead atoms. The van der Waals surface area contributed by atoms with Gasteiger partial charge < -0.3 is 5.32 Å². The number of alkyl halides is 3. The summed E-state index contributed by atoms with van der Waals surface area (Å²) < 4.78 is 42.1. The third-order valence-corrected chi connectivity index (χ3v) is 4.61. The second-order valence-electron chi connectivity index (χ2n) is 6.11. The number of nitrogens with one attached hydrogen (secondary N) is 1. The first-order valence-electron chi connectivity index (χ1n) is 8.24. The Morgan fingerprint density at radius 1 is 1.26 bits per heavy atom. The second-order valence-corrected chi connectivity index (χ2v) is 7.03. The van der Waals surface area contributed by atoms with Gasteiger partial charge in [0, 0.05) is 22.1 Å². The van der Waals surface area contributed by atoms with Gasteiger partial charge in [-0.3, -0.25) is 4.79 Å². The minimum Gasteiger partial charge on any atom is -0.348 e. The van der Waals surface area contributed by atoms with Gasteiger partial charge in [0.1, 0.15) is 0 Å². The van der Waals surface area contributed by atoms with E-state index in [4.69, 9.17) is 0 Å². The van der Waals surface area contributed by atoms with Gasteiger partial charge in [0.15, 0.2) is 17.0 Å². The highest BCUT2D eigenvalue weighted by atomic mass is 79.9. The van der Waals surface area contributed by atoms with E-state index < -0.39 is 17.8 Å². The van der Waals surface area contributed by atoms with Crippen molar-refractivity contribution >= 4 is 27.5 Å². The summed E-state index contributed by atoms with van der Waals surface area (Å²) in [7, 11) is 0. The van der Waals surface area contributed by atoms with Crippen LogP contribution in [0.15, 0.2) is 40.9 Å². The predicted molar refractivity (Wildman–Crippen MR) is 98.3 cm³/mol. The molecule has 9 heteroatoms. The summed E-state index contributed by atoms with van der Waals surface area (Å²) in [5.74, 6) is -0.534. The minimum absolute atomic E-state index is 0.0444. The van der Waals surface area contributed by atoms with Gasteiger partial charge in [0.2, 0.25) is 0 Å². The van der Waals surface area contributed by atoms with Crippen LogP contribution in [0.4, 0.5) is 13.2 Å². The topological polar surface area (TPSA) is 59.3 Å². The van der Waals surface area contributed by atoms with Gasteiger partial charge in [0.25, 0.3) is 5.91 Å². The molecular formula is C18H16BrF3N4O. The molecule has 0 unspecified atom stereocenters. The molecule has 0 saturated heterocycles. The van der Waals surface area contributed by atoms with Crippen molar-refractivity contribution in [1.82, 2.24) is 19.9 Å². The summed E-state index contributed by atoms with van der Waals surface area (Å²) in [5.41, 5.74) is -0.472. The van der Waals surface area contributed by atoms with Gasteiger partial charge in [-0.05, 0) is 31.5 Å². The van der Waals surface area contributed by atoms with Gasteiger partial charge in [0.05, 0.1) is 5.69 Å². The van der Waals surface area contributed by atoms with E-state index in [9.17, 15) is 18.0 Å². The smallest absolute Gasteiger partial charge is 0.348 e. The van der Waals surface area contributed by atoms with E-state index in [1.807, 2.05) is 6.92 Å². The van der Waals surface area contributed by atoms with Gasteiger partial charge in [-0.1, -0.05) is 35.0 Å². The molecule has 3 rings (SSSR count). The van der Waals surface area contributed by atoms with Crippen LogP contribution in [0.1, 0.15) is 36.5 Å². The number of rotatable bonds is 4. The lowest BCUT2D eigenvalue weighted by molar-refractivity contribution is -0.142. The average Bonchev–Trinajstić information content (AvgIpc) is 3.04. The number of fused-ring (bicyclic) bond motifs is 1. The largest absolute Gasteiger partial charge is 0.433 e. The molecule has 0 spiro atoms. The molecule has 0 aliphatic heterocycles. The molecule has 3 aromatic rings. The van der Waals surface area contributed by atoms with Gasteiger partial charge >= 0.3 is 6.18 Å². The third-order valence-electron chi connectivity index (χ3n) is 4.08. The Hall–Kier alpha value is -2.42. The number of carbonyl (C=O) groups is 1. The lowest BCUT2D eigenvalue weighted by Crippen LogP contribution is -2.32. The molecule has 1 aromatic carbocycles. The number of carbonyl (C=O) groups excluding carboxylic acids is 1. The number of benzene rings is 1. The fourth-order valence-electron chi connectivity index (χ4n) is 2.46. The predicted octanol–water partition coefficient (Wildman–Crippen LogP) is 4.71. The van der Waals surface area contributed by atoms with E-state index in [0.29, 0.717) is 16.5 Å². The number of hydrogen-bond donors (Lipinski definition) is 1. The van der Waals surface area contributed by atoms with E-state index in [1.54, 1.807) is 31.2 Å². The van der Waals surface area contributed by atoms with Gasteiger partial charge in [-0.2, -0.15) is 18.3 Å². The number of hydrogen-bond acceptors (Lipinski definition) is 3. The number of nitrogens with zero attached hydrogens (tertiary/aromatic N) is 3. The molecule has 0 aliphatic rings. The van der Waals surface area contributed by atoms with Crippen molar-refractivity contribution < 1.29 is 18.0 Å². The molecule has 2 heterocycles. The van der Waals surface area contributed by atoms with Crippen molar-refractivity contribution in [2.75, 3.05) is 0 Å². The van der Waals surface area contributed by atoms with Gasteiger partial charge in [-0.15, -0.1) is 0 Å². The highest BCUT2D eigenvalue weighted by Crippen LogP contribution is 2.32. The summed E-state index contributed by atoms with van der Waals surface area (Å²) in [5, 5.41) is 6.52. The van der Waals surface area contributed by atoms with Crippen molar-refractivity contribution in [2.45, 2.75) is 32.5 Å². The zero-order chi connectivity index (χ0) is 19.8. The quantitative estimate of drug-likeness (QED) is 0.639. The standard InChI is InChI=1S/C18H16BrF3N4O/c1-3-10(2)23-17(27)14-9-16-24-13(11-4-6-12(19)7-5-11)8-15(18(20,21)22)26(16)25-14/h4-10H,3H2,1-2H3,(H,23,27)/t10-/m1/s1. The molecule has 0 fully saturated rings. The van der Waals surface area contributed by atoms with E-state index in [1.165, 1.54) is 6.07 Å². The van der Waals surface area contributed by atoms with Crippen molar-refractivity contribution in [1.29, 1.82) is 0 Å². The van der Waals surface area contributed by atoms with E-state index in [-0.39, 0.29) is 23.1 Å².